The van der Waals surface area contributed by atoms with Crippen LogP contribution < -0.4 is 10.6 Å². The van der Waals surface area contributed by atoms with Crippen molar-refractivity contribution < 1.29 is 4.79 Å². The third-order valence-corrected chi connectivity index (χ3v) is 7.09. The number of rotatable bonds is 6. The smallest absolute Gasteiger partial charge is 0.197 e. The predicted molar refractivity (Wildman–Crippen MR) is 152 cm³/mol. The van der Waals surface area contributed by atoms with Crippen LogP contribution in [0, 0.1) is 11.3 Å². The lowest BCUT2D eigenvalue weighted by atomic mass is 9.81. The monoisotopic (exact) mass is 481 g/mol. The molecule has 0 aliphatic heterocycles. The molecule has 0 bridgehead atoms. The van der Waals surface area contributed by atoms with Crippen LogP contribution in [-0.4, -0.2) is 11.7 Å². The number of allylic oxidation sites excluding steroid dienone is 4. The largest absolute Gasteiger partial charge is 0.326 e. The maximum absolute atomic E-state index is 13.7. The summed E-state index contributed by atoms with van der Waals surface area (Å²) < 4.78 is 0. The van der Waals surface area contributed by atoms with Crippen molar-refractivity contribution in [2.75, 3.05) is 5.32 Å². The van der Waals surface area contributed by atoms with Crippen molar-refractivity contribution in [2.45, 2.75) is 12.8 Å². The van der Waals surface area contributed by atoms with Crippen LogP contribution in [0.3, 0.4) is 0 Å². The van der Waals surface area contributed by atoms with Gasteiger partial charge in [-0.2, -0.15) is 0 Å². The van der Waals surface area contributed by atoms with Crippen molar-refractivity contribution in [3.8, 4) is 0 Å². The third-order valence-electron chi connectivity index (χ3n) is 7.09. The minimum absolute atomic E-state index is 0.00840. The molecule has 37 heavy (non-hydrogen) atoms. The Morgan fingerprint density at radius 3 is 2.30 bits per heavy atom. The average molecular weight is 482 g/mol. The van der Waals surface area contributed by atoms with Gasteiger partial charge in [-0.25, -0.2) is 0 Å². The van der Waals surface area contributed by atoms with E-state index >= 15 is 0 Å². The van der Waals surface area contributed by atoms with Gasteiger partial charge in [0.2, 0.25) is 0 Å². The number of hydrogen-bond donors (Lipinski definition) is 3. The minimum Gasteiger partial charge on any atom is -0.326 e. The molecule has 1 atom stereocenters. The molecule has 0 saturated carbocycles. The Hall–Kier alpha value is -4.70. The molecular formula is C33H27N3O. The summed E-state index contributed by atoms with van der Waals surface area (Å²) in [5.74, 6) is -0.202. The average Bonchev–Trinajstić information content (AvgIpc) is 3.37. The summed E-state index contributed by atoms with van der Waals surface area (Å²) in [6.07, 6.45) is 9.38. The molecule has 0 spiro atoms. The highest BCUT2D eigenvalue weighted by Gasteiger charge is 2.29. The SMILES string of the molecule is N=C(NC1=CC=C(Cc2ccccc2)C(Cc2ccccc2)C1=O)Nc1ccc2cccc3c2c1C=C3. The number of carbonyl (C=O) groups is 1. The number of ketones is 1. The first-order valence-electron chi connectivity index (χ1n) is 12.5. The van der Waals surface area contributed by atoms with Gasteiger partial charge in [0.1, 0.15) is 0 Å². The Morgan fingerprint density at radius 2 is 1.51 bits per heavy atom. The summed E-state index contributed by atoms with van der Waals surface area (Å²) in [5.41, 5.74) is 6.92. The van der Waals surface area contributed by atoms with Gasteiger partial charge in [-0.1, -0.05) is 109 Å². The van der Waals surface area contributed by atoms with Crippen molar-refractivity contribution in [3.05, 3.63) is 137 Å². The Labute approximate surface area is 216 Å². The molecular weight excluding hydrogens is 454 g/mol. The zero-order valence-corrected chi connectivity index (χ0v) is 20.4. The lowest BCUT2D eigenvalue weighted by Gasteiger charge is -2.25. The fourth-order valence-electron chi connectivity index (χ4n) is 5.27. The Balaban J connectivity index is 1.24. The van der Waals surface area contributed by atoms with Gasteiger partial charge in [-0.3, -0.25) is 10.2 Å². The van der Waals surface area contributed by atoms with Gasteiger partial charge < -0.3 is 10.6 Å². The van der Waals surface area contributed by atoms with Gasteiger partial charge in [-0.15, -0.1) is 0 Å². The van der Waals surface area contributed by atoms with Crippen LogP contribution in [0.15, 0.2) is 114 Å². The van der Waals surface area contributed by atoms with Crippen LogP contribution in [0.4, 0.5) is 5.69 Å². The summed E-state index contributed by atoms with van der Waals surface area (Å²) in [5, 5.41) is 17.2. The standard InChI is InChI=1S/C33H27N3O/c34-33(35-29-18-15-25-13-7-12-24-14-17-27(29)31(24)25)36-30-19-16-26(20-22-8-3-1-4-9-22)28(32(30)37)21-23-10-5-2-6-11-23/h1-19,28H,20-21H2,(H3,34,35,36). The molecule has 0 radical (unpaired) electrons. The first kappa shape index (κ1) is 22.7. The second-order valence-corrected chi connectivity index (χ2v) is 9.52. The van der Waals surface area contributed by atoms with E-state index in [1.807, 2.05) is 54.6 Å². The summed E-state index contributed by atoms with van der Waals surface area (Å²) in [6, 6.07) is 30.7. The lowest BCUT2D eigenvalue weighted by molar-refractivity contribution is -0.118. The van der Waals surface area contributed by atoms with Gasteiger partial charge in [0.15, 0.2) is 11.7 Å². The predicted octanol–water partition coefficient (Wildman–Crippen LogP) is 6.75. The lowest BCUT2D eigenvalue weighted by Crippen LogP contribution is -2.37. The van der Waals surface area contributed by atoms with Crippen LogP contribution in [0.1, 0.15) is 22.3 Å². The van der Waals surface area contributed by atoms with E-state index in [0.717, 1.165) is 28.8 Å². The van der Waals surface area contributed by atoms with E-state index in [4.69, 9.17) is 5.41 Å². The summed E-state index contributed by atoms with van der Waals surface area (Å²) >= 11 is 0. The van der Waals surface area contributed by atoms with Gasteiger partial charge in [0.25, 0.3) is 0 Å². The van der Waals surface area contributed by atoms with E-state index in [-0.39, 0.29) is 17.7 Å². The van der Waals surface area contributed by atoms with Crippen molar-refractivity contribution in [1.29, 1.82) is 5.41 Å². The molecule has 4 aromatic carbocycles. The molecule has 0 amide bonds. The highest BCUT2D eigenvalue weighted by molar-refractivity contribution is 6.11. The molecule has 0 saturated heterocycles. The van der Waals surface area contributed by atoms with Crippen LogP contribution in [-0.2, 0) is 17.6 Å². The second kappa shape index (κ2) is 9.75. The van der Waals surface area contributed by atoms with Gasteiger partial charge >= 0.3 is 0 Å². The van der Waals surface area contributed by atoms with E-state index < -0.39 is 0 Å². The molecule has 0 fully saturated rings. The quantitative estimate of drug-likeness (QED) is 0.186. The zero-order valence-electron chi connectivity index (χ0n) is 20.4. The summed E-state index contributed by atoms with van der Waals surface area (Å²) in [6.45, 7) is 0. The van der Waals surface area contributed by atoms with Crippen LogP contribution in [0.5, 0.6) is 0 Å². The van der Waals surface area contributed by atoms with E-state index in [2.05, 4.69) is 71.3 Å². The summed E-state index contributed by atoms with van der Waals surface area (Å²) in [7, 11) is 0. The van der Waals surface area contributed by atoms with E-state index in [9.17, 15) is 4.79 Å². The van der Waals surface area contributed by atoms with Crippen LogP contribution in [0.2, 0.25) is 0 Å². The second-order valence-electron chi connectivity index (χ2n) is 9.52. The van der Waals surface area contributed by atoms with Crippen molar-refractivity contribution in [1.82, 2.24) is 5.32 Å². The molecule has 0 heterocycles. The fourth-order valence-corrected chi connectivity index (χ4v) is 5.27. The van der Waals surface area contributed by atoms with Crippen LogP contribution in [0.25, 0.3) is 22.9 Å². The Morgan fingerprint density at radius 1 is 0.757 bits per heavy atom. The zero-order chi connectivity index (χ0) is 25.2. The molecule has 4 aromatic rings. The number of hydrogen-bond acceptors (Lipinski definition) is 2. The molecule has 0 aromatic heterocycles. The summed E-state index contributed by atoms with van der Waals surface area (Å²) in [4.78, 5) is 13.7. The van der Waals surface area contributed by atoms with E-state index in [1.54, 1.807) is 0 Å². The van der Waals surface area contributed by atoms with Crippen molar-refractivity contribution in [3.63, 3.8) is 0 Å². The first-order valence-corrected chi connectivity index (χ1v) is 12.5. The van der Waals surface area contributed by atoms with E-state index in [1.165, 1.54) is 21.9 Å². The van der Waals surface area contributed by atoms with Gasteiger partial charge in [0, 0.05) is 17.2 Å². The van der Waals surface area contributed by atoms with E-state index in [0.29, 0.717) is 12.1 Å². The molecule has 4 heteroatoms. The van der Waals surface area contributed by atoms with Crippen molar-refractivity contribution >= 4 is 40.4 Å². The normalized spacial score (nSPS) is 15.9. The Bertz CT molecular complexity index is 1600. The molecule has 2 aliphatic carbocycles. The van der Waals surface area contributed by atoms with Crippen LogP contribution >= 0.6 is 0 Å². The number of guanidine groups is 1. The highest BCUT2D eigenvalue weighted by atomic mass is 16.1. The maximum atomic E-state index is 13.7. The molecule has 3 N–H and O–H groups in total. The number of nitrogens with one attached hydrogen (secondary N) is 3. The maximum Gasteiger partial charge on any atom is 0.197 e. The molecule has 2 aliphatic rings. The number of carbonyl (C=O) groups excluding carboxylic acids is 1. The molecule has 180 valence electrons. The van der Waals surface area contributed by atoms with Crippen molar-refractivity contribution in [2.24, 2.45) is 5.92 Å². The Kier molecular flexibility index (Phi) is 5.99. The third kappa shape index (κ3) is 4.62. The van der Waals surface area contributed by atoms with Gasteiger partial charge in [-0.05, 0) is 52.4 Å². The molecule has 4 nitrogen and oxygen atoms in total. The molecule has 1 unspecified atom stereocenters. The number of benzene rings is 4. The topological polar surface area (TPSA) is 65.0 Å². The van der Waals surface area contributed by atoms with Gasteiger partial charge in [0.05, 0.1) is 5.70 Å². The minimum atomic E-state index is -0.285. The number of anilines is 1. The highest BCUT2D eigenvalue weighted by Crippen LogP contribution is 2.36. The molecule has 6 rings (SSSR count). The fraction of sp³-hybridized carbons (Fsp3) is 0.0909. The number of Topliss-reactive ketones (excluding diaryl/α,β-unsaturated/α-hetero) is 1. The first-order chi connectivity index (χ1) is 18.2.